The fourth-order valence-corrected chi connectivity index (χ4v) is 2.02. The molecule has 0 fully saturated rings. The molecule has 0 aliphatic carbocycles. The molecule has 0 aliphatic rings. The Balaban J connectivity index is 1.93. The molecule has 122 valence electrons. The van der Waals surface area contributed by atoms with Gasteiger partial charge in [-0.1, -0.05) is 12.1 Å². The third-order valence-electron chi connectivity index (χ3n) is 3.06. The zero-order valence-corrected chi connectivity index (χ0v) is 13.7. The van der Waals surface area contributed by atoms with Crippen molar-refractivity contribution in [3.63, 3.8) is 0 Å². The number of hydrogen-bond acceptors (Lipinski definition) is 3. The average molecular weight is 313 g/mol. The number of methoxy groups -OCH3 is 1. The van der Waals surface area contributed by atoms with Gasteiger partial charge in [-0.15, -0.1) is 0 Å². The minimum absolute atomic E-state index is 0.156. The van der Waals surface area contributed by atoms with Crippen LogP contribution in [-0.2, 0) is 6.54 Å². The lowest BCUT2D eigenvalue weighted by atomic mass is 10.2. The van der Waals surface area contributed by atoms with Gasteiger partial charge in [0.25, 0.3) is 0 Å². The number of nitrogens with one attached hydrogen (secondary N) is 1. The molecule has 5 nitrogen and oxygen atoms in total. The normalized spacial score (nSPS) is 11.4. The van der Waals surface area contributed by atoms with Gasteiger partial charge in [0, 0.05) is 5.69 Å². The summed E-state index contributed by atoms with van der Waals surface area (Å²) in [6, 6.07) is 15.4. The molecule has 0 spiro atoms. The summed E-state index contributed by atoms with van der Waals surface area (Å²) in [5.41, 5.74) is 7.82. The van der Waals surface area contributed by atoms with Crippen molar-refractivity contribution < 1.29 is 9.47 Å². The van der Waals surface area contributed by atoms with Gasteiger partial charge < -0.3 is 20.5 Å². The summed E-state index contributed by atoms with van der Waals surface area (Å²) < 4.78 is 10.8. The molecule has 3 N–H and O–H groups in total. The highest BCUT2D eigenvalue weighted by Gasteiger charge is 2.00. The van der Waals surface area contributed by atoms with E-state index in [0.29, 0.717) is 12.5 Å². The van der Waals surface area contributed by atoms with E-state index in [0.717, 1.165) is 22.7 Å². The topological polar surface area (TPSA) is 68.9 Å². The Labute approximate surface area is 137 Å². The summed E-state index contributed by atoms with van der Waals surface area (Å²) in [6.07, 6.45) is 0.156. The Morgan fingerprint density at radius 3 is 2.52 bits per heavy atom. The maximum absolute atomic E-state index is 5.92. The van der Waals surface area contributed by atoms with E-state index in [1.54, 1.807) is 7.11 Å². The SMILES string of the molecule is COc1cccc(CN=C(N)Nc2ccc(OC(C)C)cc2)c1. The van der Waals surface area contributed by atoms with E-state index >= 15 is 0 Å². The first-order chi connectivity index (χ1) is 11.1. The number of nitrogens with zero attached hydrogens (tertiary/aromatic N) is 1. The Morgan fingerprint density at radius 1 is 1.13 bits per heavy atom. The summed E-state index contributed by atoms with van der Waals surface area (Å²) >= 11 is 0. The second kappa shape index (κ2) is 8.08. The van der Waals surface area contributed by atoms with Crippen LogP contribution in [0.2, 0.25) is 0 Å². The van der Waals surface area contributed by atoms with Gasteiger partial charge in [0.15, 0.2) is 5.96 Å². The number of benzene rings is 2. The molecule has 0 saturated heterocycles. The van der Waals surface area contributed by atoms with Crippen LogP contribution in [0.1, 0.15) is 19.4 Å². The van der Waals surface area contributed by atoms with E-state index in [9.17, 15) is 0 Å². The van der Waals surface area contributed by atoms with Gasteiger partial charge in [0.05, 0.1) is 19.8 Å². The number of nitrogens with two attached hydrogens (primary N) is 1. The molecule has 2 aromatic carbocycles. The summed E-state index contributed by atoms with van der Waals surface area (Å²) in [5, 5.41) is 3.06. The van der Waals surface area contributed by atoms with Crippen molar-refractivity contribution in [1.29, 1.82) is 0 Å². The van der Waals surface area contributed by atoms with E-state index < -0.39 is 0 Å². The van der Waals surface area contributed by atoms with Gasteiger partial charge in [-0.05, 0) is 55.8 Å². The van der Waals surface area contributed by atoms with E-state index in [2.05, 4.69) is 10.3 Å². The number of hydrogen-bond donors (Lipinski definition) is 2. The predicted molar refractivity (Wildman–Crippen MR) is 94.1 cm³/mol. The Kier molecular flexibility index (Phi) is 5.86. The number of rotatable bonds is 6. The molecule has 0 aromatic heterocycles. The lowest BCUT2D eigenvalue weighted by Crippen LogP contribution is -2.22. The van der Waals surface area contributed by atoms with Gasteiger partial charge in [-0.2, -0.15) is 0 Å². The van der Waals surface area contributed by atoms with Crippen molar-refractivity contribution in [3.8, 4) is 11.5 Å². The molecule has 5 heteroatoms. The molecule has 23 heavy (non-hydrogen) atoms. The van der Waals surface area contributed by atoms with Crippen LogP contribution in [0.3, 0.4) is 0 Å². The molecular formula is C18H23N3O2. The fourth-order valence-electron chi connectivity index (χ4n) is 2.02. The van der Waals surface area contributed by atoms with Crippen molar-refractivity contribution in [1.82, 2.24) is 0 Å². The molecule has 2 aromatic rings. The largest absolute Gasteiger partial charge is 0.497 e. The number of aliphatic imine (C=N–C) groups is 1. The van der Waals surface area contributed by atoms with E-state index in [1.807, 2.05) is 62.4 Å². The van der Waals surface area contributed by atoms with Crippen LogP contribution in [0.25, 0.3) is 0 Å². The van der Waals surface area contributed by atoms with Crippen LogP contribution in [0.4, 0.5) is 5.69 Å². The van der Waals surface area contributed by atoms with Crippen LogP contribution in [0, 0.1) is 0 Å². The first-order valence-electron chi connectivity index (χ1n) is 7.53. The summed E-state index contributed by atoms with van der Waals surface area (Å²) in [7, 11) is 1.64. The minimum atomic E-state index is 0.156. The van der Waals surface area contributed by atoms with Gasteiger partial charge in [0.2, 0.25) is 0 Å². The van der Waals surface area contributed by atoms with Crippen LogP contribution >= 0.6 is 0 Å². The monoisotopic (exact) mass is 313 g/mol. The van der Waals surface area contributed by atoms with Crippen molar-refractivity contribution in [2.24, 2.45) is 10.7 Å². The van der Waals surface area contributed by atoms with Crippen LogP contribution in [0.5, 0.6) is 11.5 Å². The second-order valence-electron chi connectivity index (χ2n) is 5.37. The smallest absolute Gasteiger partial charge is 0.193 e. The van der Waals surface area contributed by atoms with Crippen molar-refractivity contribution in [2.45, 2.75) is 26.5 Å². The highest BCUT2D eigenvalue weighted by molar-refractivity contribution is 5.92. The third kappa shape index (κ3) is 5.54. The van der Waals surface area contributed by atoms with Gasteiger partial charge in [-0.25, -0.2) is 4.99 Å². The highest BCUT2D eigenvalue weighted by Crippen LogP contribution is 2.17. The Morgan fingerprint density at radius 2 is 1.87 bits per heavy atom. The second-order valence-corrected chi connectivity index (χ2v) is 5.37. The summed E-state index contributed by atoms with van der Waals surface area (Å²) in [4.78, 5) is 4.33. The number of ether oxygens (including phenoxy) is 2. The quantitative estimate of drug-likeness (QED) is 0.633. The molecule has 0 radical (unpaired) electrons. The maximum atomic E-state index is 5.92. The van der Waals surface area contributed by atoms with Crippen molar-refractivity contribution in [2.75, 3.05) is 12.4 Å². The maximum Gasteiger partial charge on any atom is 0.193 e. The number of guanidine groups is 1. The van der Waals surface area contributed by atoms with Crippen LogP contribution in [0.15, 0.2) is 53.5 Å². The zero-order valence-electron chi connectivity index (χ0n) is 13.7. The Bertz CT molecular complexity index is 652. The summed E-state index contributed by atoms with van der Waals surface area (Å²) in [5.74, 6) is 2.01. The zero-order chi connectivity index (χ0) is 16.7. The molecule has 0 amide bonds. The molecule has 0 saturated carbocycles. The molecule has 0 atom stereocenters. The van der Waals surface area contributed by atoms with Crippen molar-refractivity contribution >= 4 is 11.6 Å². The lowest BCUT2D eigenvalue weighted by Gasteiger charge is -2.11. The Hall–Kier alpha value is -2.69. The molecule has 0 aliphatic heterocycles. The van der Waals surface area contributed by atoms with E-state index in [4.69, 9.17) is 15.2 Å². The first-order valence-corrected chi connectivity index (χ1v) is 7.53. The van der Waals surface area contributed by atoms with E-state index in [-0.39, 0.29) is 6.10 Å². The van der Waals surface area contributed by atoms with Crippen molar-refractivity contribution in [3.05, 3.63) is 54.1 Å². The van der Waals surface area contributed by atoms with Gasteiger partial charge >= 0.3 is 0 Å². The van der Waals surface area contributed by atoms with Gasteiger partial charge in [0.1, 0.15) is 11.5 Å². The molecule has 0 unspecified atom stereocenters. The molecule has 2 rings (SSSR count). The van der Waals surface area contributed by atoms with Crippen LogP contribution < -0.4 is 20.5 Å². The first kappa shape index (κ1) is 16.7. The highest BCUT2D eigenvalue weighted by atomic mass is 16.5. The molecule has 0 bridgehead atoms. The standard InChI is InChI=1S/C18H23N3O2/c1-13(2)23-16-9-7-15(8-10-16)21-18(19)20-12-14-5-4-6-17(11-14)22-3/h4-11,13H,12H2,1-3H3,(H3,19,20,21). The molecular weight excluding hydrogens is 290 g/mol. The average Bonchev–Trinajstić information content (AvgIpc) is 2.54. The molecule has 0 heterocycles. The lowest BCUT2D eigenvalue weighted by molar-refractivity contribution is 0.242. The van der Waals surface area contributed by atoms with E-state index in [1.165, 1.54) is 0 Å². The van der Waals surface area contributed by atoms with Gasteiger partial charge in [-0.3, -0.25) is 0 Å². The fraction of sp³-hybridized carbons (Fsp3) is 0.278. The predicted octanol–water partition coefficient (Wildman–Crippen LogP) is 3.41. The summed E-state index contributed by atoms with van der Waals surface area (Å²) in [6.45, 7) is 4.48. The number of anilines is 1. The van der Waals surface area contributed by atoms with Crippen LogP contribution in [-0.4, -0.2) is 19.2 Å². The third-order valence-corrected chi connectivity index (χ3v) is 3.06. The minimum Gasteiger partial charge on any atom is -0.497 e.